The molecule has 0 saturated carbocycles. The Bertz CT molecular complexity index is 345. The number of rotatable bonds is 11. The SMILES string of the molecule is CCCNC(c1cnn(CCC)c1)C(CCC)OCC. The van der Waals surface area contributed by atoms with Gasteiger partial charge in [-0.25, -0.2) is 0 Å². The molecule has 0 aliphatic rings. The van der Waals surface area contributed by atoms with Crippen LogP contribution in [0.15, 0.2) is 12.4 Å². The van der Waals surface area contributed by atoms with Crippen LogP contribution in [0.4, 0.5) is 0 Å². The minimum atomic E-state index is 0.232. The summed E-state index contributed by atoms with van der Waals surface area (Å²) in [6.45, 7) is 11.4. The normalized spacial score (nSPS) is 14.4. The van der Waals surface area contributed by atoms with Gasteiger partial charge < -0.3 is 10.1 Å². The lowest BCUT2D eigenvalue weighted by atomic mass is 10.0. The average molecular weight is 281 g/mol. The Hall–Kier alpha value is -0.870. The Labute approximate surface area is 123 Å². The predicted molar refractivity (Wildman–Crippen MR) is 83.9 cm³/mol. The van der Waals surface area contributed by atoms with E-state index in [1.165, 1.54) is 5.56 Å². The fourth-order valence-electron chi connectivity index (χ4n) is 2.50. The second-order valence-electron chi connectivity index (χ2n) is 5.25. The predicted octanol–water partition coefficient (Wildman–Crippen LogP) is 3.54. The van der Waals surface area contributed by atoms with Gasteiger partial charge in [0.25, 0.3) is 0 Å². The first-order chi connectivity index (χ1) is 9.76. The van der Waals surface area contributed by atoms with Gasteiger partial charge in [0.2, 0.25) is 0 Å². The minimum Gasteiger partial charge on any atom is -0.377 e. The highest BCUT2D eigenvalue weighted by molar-refractivity contribution is 5.12. The number of hydrogen-bond donors (Lipinski definition) is 1. The summed E-state index contributed by atoms with van der Waals surface area (Å²) >= 11 is 0. The van der Waals surface area contributed by atoms with Gasteiger partial charge in [-0.15, -0.1) is 0 Å². The van der Waals surface area contributed by atoms with Gasteiger partial charge in [0.15, 0.2) is 0 Å². The van der Waals surface area contributed by atoms with Crippen LogP contribution in [0.25, 0.3) is 0 Å². The fraction of sp³-hybridized carbons (Fsp3) is 0.812. The van der Waals surface area contributed by atoms with E-state index in [9.17, 15) is 0 Å². The first-order valence-corrected chi connectivity index (χ1v) is 8.14. The van der Waals surface area contributed by atoms with Gasteiger partial charge in [-0.2, -0.15) is 5.10 Å². The number of ether oxygens (including phenoxy) is 1. The maximum absolute atomic E-state index is 5.97. The fourth-order valence-corrected chi connectivity index (χ4v) is 2.50. The van der Waals surface area contributed by atoms with Gasteiger partial charge in [-0.1, -0.05) is 27.2 Å². The highest BCUT2D eigenvalue weighted by Gasteiger charge is 2.23. The molecule has 1 heterocycles. The number of nitrogens with zero attached hydrogens (tertiary/aromatic N) is 2. The molecule has 2 atom stereocenters. The van der Waals surface area contributed by atoms with Crippen LogP contribution in [-0.4, -0.2) is 29.0 Å². The van der Waals surface area contributed by atoms with Crippen molar-refractivity contribution in [1.82, 2.24) is 15.1 Å². The summed E-state index contributed by atoms with van der Waals surface area (Å²) in [7, 11) is 0. The summed E-state index contributed by atoms with van der Waals surface area (Å²) in [4.78, 5) is 0. The van der Waals surface area contributed by atoms with Gasteiger partial charge in [-0.05, 0) is 32.7 Å². The van der Waals surface area contributed by atoms with E-state index in [-0.39, 0.29) is 12.1 Å². The highest BCUT2D eigenvalue weighted by atomic mass is 16.5. The molecule has 4 nitrogen and oxygen atoms in total. The number of hydrogen-bond acceptors (Lipinski definition) is 3. The third kappa shape index (κ3) is 5.25. The largest absolute Gasteiger partial charge is 0.377 e. The topological polar surface area (TPSA) is 39.1 Å². The Morgan fingerprint density at radius 3 is 2.60 bits per heavy atom. The van der Waals surface area contributed by atoms with Crippen molar-refractivity contribution in [2.45, 2.75) is 72.1 Å². The van der Waals surface area contributed by atoms with Gasteiger partial charge in [0.05, 0.1) is 18.3 Å². The van der Waals surface area contributed by atoms with Crippen LogP contribution in [0.3, 0.4) is 0 Å². The van der Waals surface area contributed by atoms with E-state index in [0.717, 1.165) is 45.4 Å². The summed E-state index contributed by atoms with van der Waals surface area (Å²) < 4.78 is 8.00. The second kappa shape index (κ2) is 9.94. The van der Waals surface area contributed by atoms with Crippen molar-refractivity contribution in [2.24, 2.45) is 0 Å². The molecule has 0 saturated heterocycles. The molecule has 0 aliphatic carbocycles. The zero-order chi connectivity index (χ0) is 14.8. The summed E-state index contributed by atoms with van der Waals surface area (Å²) in [5, 5.41) is 8.09. The van der Waals surface area contributed by atoms with Gasteiger partial charge in [-0.3, -0.25) is 4.68 Å². The van der Waals surface area contributed by atoms with Crippen LogP contribution < -0.4 is 5.32 Å². The molecule has 0 bridgehead atoms. The lowest BCUT2D eigenvalue weighted by Gasteiger charge is -2.27. The molecule has 0 fully saturated rings. The van der Waals surface area contributed by atoms with Crippen LogP contribution in [0.5, 0.6) is 0 Å². The van der Waals surface area contributed by atoms with E-state index in [4.69, 9.17) is 4.74 Å². The third-order valence-corrected chi connectivity index (χ3v) is 3.41. The molecule has 20 heavy (non-hydrogen) atoms. The molecule has 1 aromatic heterocycles. The van der Waals surface area contributed by atoms with Crippen molar-refractivity contribution in [3.8, 4) is 0 Å². The Morgan fingerprint density at radius 1 is 1.20 bits per heavy atom. The van der Waals surface area contributed by atoms with Crippen LogP contribution in [0.2, 0.25) is 0 Å². The van der Waals surface area contributed by atoms with Crippen molar-refractivity contribution in [3.63, 3.8) is 0 Å². The average Bonchev–Trinajstić information content (AvgIpc) is 2.88. The van der Waals surface area contributed by atoms with E-state index < -0.39 is 0 Å². The van der Waals surface area contributed by atoms with Crippen LogP contribution in [0, 0.1) is 0 Å². The van der Waals surface area contributed by atoms with E-state index >= 15 is 0 Å². The van der Waals surface area contributed by atoms with Crippen LogP contribution in [0.1, 0.15) is 65.0 Å². The van der Waals surface area contributed by atoms with Crippen molar-refractivity contribution in [3.05, 3.63) is 18.0 Å². The van der Waals surface area contributed by atoms with E-state index in [2.05, 4.69) is 44.3 Å². The monoisotopic (exact) mass is 281 g/mol. The number of nitrogens with one attached hydrogen (secondary N) is 1. The van der Waals surface area contributed by atoms with Crippen molar-refractivity contribution < 1.29 is 4.74 Å². The van der Waals surface area contributed by atoms with Crippen LogP contribution in [-0.2, 0) is 11.3 Å². The molecule has 0 amide bonds. The molecule has 1 aromatic rings. The summed E-state index contributed by atoms with van der Waals surface area (Å²) in [6, 6.07) is 0.250. The van der Waals surface area contributed by atoms with E-state index in [1.54, 1.807) is 0 Å². The Balaban J connectivity index is 2.83. The van der Waals surface area contributed by atoms with Crippen molar-refractivity contribution in [1.29, 1.82) is 0 Å². The second-order valence-corrected chi connectivity index (χ2v) is 5.25. The molecule has 0 aromatic carbocycles. The Kier molecular flexibility index (Phi) is 8.54. The molecular weight excluding hydrogens is 250 g/mol. The van der Waals surface area contributed by atoms with Gasteiger partial charge >= 0.3 is 0 Å². The standard InChI is InChI=1S/C16H31N3O/c1-5-9-15(20-8-4)16(17-10-6-2)14-12-18-19(13-14)11-7-3/h12-13,15-17H,5-11H2,1-4H3. The molecule has 0 radical (unpaired) electrons. The lowest BCUT2D eigenvalue weighted by Crippen LogP contribution is -2.34. The van der Waals surface area contributed by atoms with Gasteiger partial charge in [0.1, 0.15) is 0 Å². The maximum Gasteiger partial charge on any atom is 0.0770 e. The molecule has 2 unspecified atom stereocenters. The number of aryl methyl sites for hydroxylation is 1. The first kappa shape index (κ1) is 17.2. The molecule has 1 rings (SSSR count). The molecule has 1 N–H and O–H groups in total. The maximum atomic E-state index is 5.97. The lowest BCUT2D eigenvalue weighted by molar-refractivity contribution is 0.0276. The zero-order valence-electron chi connectivity index (χ0n) is 13.6. The molecule has 116 valence electrons. The number of aromatic nitrogens is 2. The smallest absolute Gasteiger partial charge is 0.0770 e. The van der Waals surface area contributed by atoms with Gasteiger partial charge in [0, 0.05) is 24.9 Å². The minimum absolute atomic E-state index is 0.232. The Morgan fingerprint density at radius 2 is 2.00 bits per heavy atom. The molecule has 0 spiro atoms. The van der Waals surface area contributed by atoms with Crippen LogP contribution >= 0.6 is 0 Å². The first-order valence-electron chi connectivity index (χ1n) is 8.14. The van der Waals surface area contributed by atoms with Crippen molar-refractivity contribution >= 4 is 0 Å². The highest BCUT2D eigenvalue weighted by Crippen LogP contribution is 2.22. The molecule has 0 aliphatic heterocycles. The summed E-state index contributed by atoms with van der Waals surface area (Å²) in [6.07, 6.45) is 8.84. The summed E-state index contributed by atoms with van der Waals surface area (Å²) in [5.41, 5.74) is 1.25. The van der Waals surface area contributed by atoms with E-state index in [0.29, 0.717) is 0 Å². The quantitative estimate of drug-likeness (QED) is 0.674. The third-order valence-electron chi connectivity index (χ3n) is 3.41. The zero-order valence-corrected chi connectivity index (χ0v) is 13.6. The molecule has 4 heteroatoms. The molecular formula is C16H31N3O. The van der Waals surface area contributed by atoms with Crippen molar-refractivity contribution in [2.75, 3.05) is 13.2 Å². The van der Waals surface area contributed by atoms with E-state index in [1.807, 2.05) is 10.9 Å². The summed E-state index contributed by atoms with van der Waals surface area (Å²) in [5.74, 6) is 0.